The number of benzene rings is 3. The zero-order valence-electron chi connectivity index (χ0n) is 15.9. The number of ether oxygens (including phenoxy) is 1. The molecule has 0 radical (unpaired) electrons. The highest BCUT2D eigenvalue weighted by Crippen LogP contribution is 2.25. The lowest BCUT2D eigenvalue weighted by molar-refractivity contribution is 0.0934. The summed E-state index contributed by atoms with van der Waals surface area (Å²) in [5.74, 6) is -0.184. The first-order chi connectivity index (χ1) is 14.5. The molecule has 3 aromatic carbocycles. The molecule has 3 aromatic rings. The number of carbonyl (C=O) groups is 2. The van der Waals surface area contributed by atoms with Crippen LogP contribution in [0.25, 0.3) is 11.1 Å². The maximum Gasteiger partial charge on any atom is 0.269 e. The van der Waals surface area contributed by atoms with Crippen molar-refractivity contribution in [2.24, 2.45) is 0 Å². The molecule has 0 saturated heterocycles. The average Bonchev–Trinajstić information content (AvgIpc) is 2.78. The standard InChI is InChI=1S/C22H18BrN3O3S/c1-29-19-12-11-17(13-18(19)23)21(28)25-26-22(30)24-20(27)16-9-7-15(8-10-16)14-5-3-2-4-6-14/h2-13H,1H3,(H,25,28)(H2,24,26,27,30). The van der Waals surface area contributed by atoms with Gasteiger partial charge in [0.1, 0.15) is 5.75 Å². The normalized spacial score (nSPS) is 10.1. The molecule has 2 amide bonds. The first kappa shape index (κ1) is 21.5. The minimum atomic E-state index is -0.415. The Morgan fingerprint density at radius 2 is 1.47 bits per heavy atom. The van der Waals surface area contributed by atoms with Crippen LogP contribution < -0.4 is 20.9 Å². The number of thiocarbonyl (C=S) groups is 1. The van der Waals surface area contributed by atoms with Crippen molar-refractivity contribution in [2.45, 2.75) is 0 Å². The van der Waals surface area contributed by atoms with Crippen LogP contribution in [-0.4, -0.2) is 24.0 Å². The summed E-state index contributed by atoms with van der Waals surface area (Å²) in [5, 5.41) is 2.51. The van der Waals surface area contributed by atoms with E-state index < -0.39 is 5.91 Å². The Morgan fingerprint density at radius 3 is 2.10 bits per heavy atom. The fourth-order valence-electron chi connectivity index (χ4n) is 2.64. The molecule has 0 fully saturated rings. The van der Waals surface area contributed by atoms with Gasteiger partial charge >= 0.3 is 0 Å². The Bertz CT molecular complexity index is 1070. The maximum atomic E-state index is 12.4. The molecular formula is C22H18BrN3O3S. The molecule has 152 valence electrons. The fourth-order valence-corrected chi connectivity index (χ4v) is 3.33. The molecule has 0 bridgehead atoms. The molecule has 0 heterocycles. The van der Waals surface area contributed by atoms with E-state index in [2.05, 4.69) is 32.1 Å². The predicted octanol–water partition coefficient (Wildman–Crippen LogP) is 4.07. The number of halogens is 1. The molecule has 0 aromatic heterocycles. The van der Waals surface area contributed by atoms with Crippen molar-refractivity contribution in [3.05, 3.63) is 88.4 Å². The number of methoxy groups -OCH3 is 1. The van der Waals surface area contributed by atoms with E-state index in [4.69, 9.17) is 17.0 Å². The smallest absolute Gasteiger partial charge is 0.269 e. The van der Waals surface area contributed by atoms with E-state index in [0.717, 1.165) is 11.1 Å². The van der Waals surface area contributed by atoms with Crippen molar-refractivity contribution < 1.29 is 14.3 Å². The largest absolute Gasteiger partial charge is 0.496 e. The van der Waals surface area contributed by atoms with Crippen molar-refractivity contribution in [1.82, 2.24) is 16.2 Å². The summed E-state index contributed by atoms with van der Waals surface area (Å²) in [4.78, 5) is 24.6. The summed E-state index contributed by atoms with van der Waals surface area (Å²) >= 11 is 8.41. The summed E-state index contributed by atoms with van der Waals surface area (Å²) in [6.07, 6.45) is 0. The van der Waals surface area contributed by atoms with Crippen molar-refractivity contribution in [2.75, 3.05) is 7.11 Å². The van der Waals surface area contributed by atoms with E-state index in [-0.39, 0.29) is 11.0 Å². The SMILES string of the molecule is COc1ccc(C(=O)NNC(=S)NC(=O)c2ccc(-c3ccccc3)cc2)cc1Br. The molecule has 30 heavy (non-hydrogen) atoms. The number of amides is 2. The minimum Gasteiger partial charge on any atom is -0.496 e. The monoisotopic (exact) mass is 483 g/mol. The zero-order valence-corrected chi connectivity index (χ0v) is 18.3. The molecule has 0 aliphatic rings. The molecule has 8 heteroatoms. The van der Waals surface area contributed by atoms with Crippen molar-refractivity contribution >= 4 is 45.1 Å². The molecular weight excluding hydrogens is 466 g/mol. The van der Waals surface area contributed by atoms with Gasteiger partial charge in [0.2, 0.25) is 0 Å². The second-order valence-corrected chi connectivity index (χ2v) is 7.42. The molecule has 0 unspecified atom stereocenters. The van der Waals surface area contributed by atoms with Gasteiger partial charge in [0.25, 0.3) is 11.8 Å². The molecule has 0 aliphatic carbocycles. The molecule has 0 atom stereocenters. The minimum absolute atomic E-state index is 0.0203. The second kappa shape index (κ2) is 10.00. The first-order valence-corrected chi connectivity index (χ1v) is 10.1. The number of nitrogens with one attached hydrogen (secondary N) is 3. The van der Waals surface area contributed by atoms with E-state index in [1.165, 1.54) is 7.11 Å². The highest BCUT2D eigenvalue weighted by atomic mass is 79.9. The average molecular weight is 484 g/mol. The van der Waals surface area contributed by atoms with E-state index in [1.54, 1.807) is 30.3 Å². The number of hydrazine groups is 1. The lowest BCUT2D eigenvalue weighted by atomic mass is 10.0. The Morgan fingerprint density at radius 1 is 0.833 bits per heavy atom. The van der Waals surface area contributed by atoms with Gasteiger partial charge in [0.15, 0.2) is 5.11 Å². The molecule has 0 aliphatic heterocycles. The van der Waals surface area contributed by atoms with Gasteiger partial charge in [-0.25, -0.2) is 0 Å². The highest BCUT2D eigenvalue weighted by molar-refractivity contribution is 9.10. The Labute approximate surface area is 187 Å². The summed E-state index contributed by atoms with van der Waals surface area (Å²) in [6.45, 7) is 0. The van der Waals surface area contributed by atoms with Gasteiger partial charge in [-0.2, -0.15) is 0 Å². The van der Waals surface area contributed by atoms with Gasteiger partial charge in [0, 0.05) is 11.1 Å². The van der Waals surface area contributed by atoms with Crippen molar-refractivity contribution in [3.8, 4) is 16.9 Å². The molecule has 6 nitrogen and oxygen atoms in total. The highest BCUT2D eigenvalue weighted by Gasteiger charge is 2.11. The van der Waals surface area contributed by atoms with E-state index >= 15 is 0 Å². The van der Waals surface area contributed by atoms with Crippen LogP contribution in [0.15, 0.2) is 77.3 Å². The van der Waals surface area contributed by atoms with Gasteiger partial charge in [0.05, 0.1) is 11.6 Å². The Kier molecular flexibility index (Phi) is 7.16. The van der Waals surface area contributed by atoms with Crippen LogP contribution in [0, 0.1) is 0 Å². The van der Waals surface area contributed by atoms with Crippen LogP contribution in [0.3, 0.4) is 0 Å². The van der Waals surface area contributed by atoms with Crippen LogP contribution in [0.2, 0.25) is 0 Å². The van der Waals surface area contributed by atoms with Gasteiger partial charge in [-0.1, -0.05) is 42.5 Å². The molecule has 0 spiro atoms. The predicted molar refractivity (Wildman–Crippen MR) is 123 cm³/mol. The third-order valence-electron chi connectivity index (χ3n) is 4.18. The molecule has 0 saturated carbocycles. The van der Waals surface area contributed by atoms with Gasteiger partial charge < -0.3 is 4.74 Å². The van der Waals surface area contributed by atoms with Crippen LogP contribution in [0.4, 0.5) is 0 Å². The second-order valence-electron chi connectivity index (χ2n) is 6.16. The van der Waals surface area contributed by atoms with Gasteiger partial charge in [-0.15, -0.1) is 0 Å². The van der Waals surface area contributed by atoms with Crippen molar-refractivity contribution in [3.63, 3.8) is 0 Å². The number of hydrogen-bond donors (Lipinski definition) is 3. The maximum absolute atomic E-state index is 12.4. The Balaban J connectivity index is 1.54. The third kappa shape index (κ3) is 5.43. The topological polar surface area (TPSA) is 79.5 Å². The fraction of sp³-hybridized carbons (Fsp3) is 0.0455. The van der Waals surface area contributed by atoms with Crippen LogP contribution in [0.5, 0.6) is 5.75 Å². The van der Waals surface area contributed by atoms with Crippen LogP contribution in [0.1, 0.15) is 20.7 Å². The quantitative estimate of drug-likeness (QED) is 0.385. The van der Waals surface area contributed by atoms with E-state index in [0.29, 0.717) is 21.3 Å². The third-order valence-corrected chi connectivity index (χ3v) is 5.01. The molecule has 3 rings (SSSR count). The number of rotatable bonds is 4. The van der Waals surface area contributed by atoms with Gasteiger partial charge in [-0.3, -0.25) is 25.8 Å². The summed E-state index contributed by atoms with van der Waals surface area (Å²) in [7, 11) is 1.54. The number of hydrogen-bond acceptors (Lipinski definition) is 4. The van der Waals surface area contributed by atoms with Crippen LogP contribution >= 0.6 is 28.1 Å². The summed E-state index contributed by atoms with van der Waals surface area (Å²) in [6, 6.07) is 21.9. The Hall–Kier alpha value is -3.23. The lowest BCUT2D eigenvalue weighted by Gasteiger charge is -2.12. The van der Waals surface area contributed by atoms with E-state index in [9.17, 15) is 9.59 Å². The van der Waals surface area contributed by atoms with Crippen LogP contribution in [-0.2, 0) is 0 Å². The number of carbonyl (C=O) groups excluding carboxylic acids is 2. The molecule has 3 N–H and O–H groups in total. The lowest BCUT2D eigenvalue weighted by Crippen LogP contribution is -2.48. The summed E-state index contributed by atoms with van der Waals surface area (Å²) in [5.41, 5.74) is 7.87. The van der Waals surface area contributed by atoms with Crippen molar-refractivity contribution in [1.29, 1.82) is 0 Å². The summed E-state index contributed by atoms with van der Waals surface area (Å²) < 4.78 is 5.78. The zero-order chi connectivity index (χ0) is 21.5. The van der Waals surface area contributed by atoms with E-state index in [1.807, 2.05) is 42.5 Å². The first-order valence-electron chi connectivity index (χ1n) is 8.88. The van der Waals surface area contributed by atoms with Gasteiger partial charge in [-0.05, 0) is 69.6 Å².